The van der Waals surface area contributed by atoms with Gasteiger partial charge in [-0.1, -0.05) is 46.4 Å². The molecule has 1 aromatic rings. The molecule has 2 aliphatic carbocycles. The van der Waals surface area contributed by atoms with Crippen molar-refractivity contribution in [2.75, 3.05) is 5.75 Å². The summed E-state index contributed by atoms with van der Waals surface area (Å²) in [5, 5.41) is 15.8. The summed E-state index contributed by atoms with van der Waals surface area (Å²) in [7, 11) is 0. The molecule has 0 radical (unpaired) electrons. The fraction of sp³-hybridized carbons (Fsp3) is 0.882. The normalized spacial score (nSPS) is 30.9. The lowest BCUT2D eigenvalue weighted by molar-refractivity contribution is -0.120. The maximum atomic E-state index is 12.4. The van der Waals surface area contributed by atoms with Crippen LogP contribution < -0.4 is 5.32 Å². The zero-order chi connectivity index (χ0) is 17.5. The summed E-state index contributed by atoms with van der Waals surface area (Å²) >= 11 is 1.42. The minimum absolute atomic E-state index is 0.0914. The Morgan fingerprint density at radius 2 is 2.17 bits per heavy atom. The first-order valence-corrected chi connectivity index (χ1v) is 9.91. The standard InChI is InChI=1S/C17H29N5OS/c1-11(2)9-22-15(19-20-21-22)24-10-14(23)18-13-8-12-6-7-17(13,5)16(12,3)4/h11-13H,6-10H2,1-5H3,(H,18,23)/t12-,13+,17-/m1/s1. The van der Waals surface area contributed by atoms with Crippen LogP contribution in [0, 0.1) is 22.7 Å². The largest absolute Gasteiger partial charge is 0.352 e. The molecular weight excluding hydrogens is 322 g/mol. The van der Waals surface area contributed by atoms with Crippen molar-refractivity contribution in [2.45, 2.75) is 71.6 Å². The van der Waals surface area contributed by atoms with Crippen molar-refractivity contribution in [3.8, 4) is 0 Å². The van der Waals surface area contributed by atoms with Crippen LogP contribution in [-0.4, -0.2) is 37.9 Å². The van der Waals surface area contributed by atoms with Crippen LogP contribution in [0.5, 0.6) is 0 Å². The molecule has 2 bridgehead atoms. The maximum Gasteiger partial charge on any atom is 0.230 e. The van der Waals surface area contributed by atoms with Crippen LogP contribution in [0.1, 0.15) is 53.9 Å². The van der Waals surface area contributed by atoms with Crippen LogP contribution in [0.15, 0.2) is 5.16 Å². The summed E-state index contributed by atoms with van der Waals surface area (Å²) in [5.41, 5.74) is 0.538. The van der Waals surface area contributed by atoms with Gasteiger partial charge in [-0.2, -0.15) is 0 Å². The van der Waals surface area contributed by atoms with E-state index < -0.39 is 0 Å². The Balaban J connectivity index is 1.55. The van der Waals surface area contributed by atoms with Gasteiger partial charge in [0.2, 0.25) is 11.1 Å². The van der Waals surface area contributed by atoms with Gasteiger partial charge in [0.1, 0.15) is 0 Å². The van der Waals surface area contributed by atoms with E-state index in [0.717, 1.165) is 24.0 Å². The van der Waals surface area contributed by atoms with Gasteiger partial charge in [0, 0.05) is 12.6 Å². The number of thioether (sulfide) groups is 1. The second-order valence-corrected chi connectivity index (χ2v) is 9.50. The van der Waals surface area contributed by atoms with Gasteiger partial charge in [-0.15, -0.1) is 5.10 Å². The number of tetrazole rings is 1. The number of fused-ring (bicyclic) bond motifs is 2. The molecule has 6 nitrogen and oxygen atoms in total. The average Bonchev–Trinajstić information content (AvgIpc) is 3.06. The Bertz CT molecular complexity index is 614. The van der Waals surface area contributed by atoms with Crippen molar-refractivity contribution in [3.05, 3.63) is 0 Å². The third-order valence-electron chi connectivity index (χ3n) is 6.50. The zero-order valence-electron chi connectivity index (χ0n) is 15.4. The predicted molar refractivity (Wildman–Crippen MR) is 94.5 cm³/mol. The highest BCUT2D eigenvalue weighted by Gasteiger charge is 2.61. The van der Waals surface area contributed by atoms with E-state index in [1.807, 2.05) is 0 Å². The molecule has 134 valence electrons. The van der Waals surface area contributed by atoms with E-state index >= 15 is 0 Å². The van der Waals surface area contributed by atoms with E-state index in [4.69, 9.17) is 0 Å². The van der Waals surface area contributed by atoms with Gasteiger partial charge >= 0.3 is 0 Å². The Hall–Kier alpha value is -1.11. The smallest absolute Gasteiger partial charge is 0.230 e. The van der Waals surface area contributed by atoms with Crippen molar-refractivity contribution < 1.29 is 4.79 Å². The fourth-order valence-electron chi connectivity index (χ4n) is 4.55. The summed E-state index contributed by atoms with van der Waals surface area (Å²) in [4.78, 5) is 12.4. The summed E-state index contributed by atoms with van der Waals surface area (Å²) in [6, 6.07) is 0.297. The van der Waals surface area contributed by atoms with Crippen molar-refractivity contribution in [3.63, 3.8) is 0 Å². The summed E-state index contributed by atoms with van der Waals surface area (Å²) < 4.78 is 1.78. The third-order valence-corrected chi connectivity index (χ3v) is 7.46. The van der Waals surface area contributed by atoms with Crippen LogP contribution in [0.3, 0.4) is 0 Å². The second kappa shape index (κ2) is 6.32. The monoisotopic (exact) mass is 351 g/mol. The van der Waals surface area contributed by atoms with Crippen molar-refractivity contribution in [2.24, 2.45) is 22.7 Å². The molecule has 2 saturated carbocycles. The fourth-order valence-corrected chi connectivity index (χ4v) is 5.25. The molecule has 3 rings (SSSR count). The molecule has 1 N–H and O–H groups in total. The number of carbonyl (C=O) groups excluding carboxylic acids is 1. The van der Waals surface area contributed by atoms with Crippen LogP contribution in [-0.2, 0) is 11.3 Å². The number of amides is 1. The lowest BCUT2D eigenvalue weighted by Crippen LogP contribution is -2.47. The first-order chi connectivity index (χ1) is 11.2. The number of hydrogen-bond acceptors (Lipinski definition) is 5. The molecule has 0 spiro atoms. The Morgan fingerprint density at radius 3 is 2.75 bits per heavy atom. The topological polar surface area (TPSA) is 72.7 Å². The van der Waals surface area contributed by atoms with E-state index in [1.165, 1.54) is 24.6 Å². The van der Waals surface area contributed by atoms with Crippen molar-refractivity contribution in [1.82, 2.24) is 25.5 Å². The highest BCUT2D eigenvalue weighted by atomic mass is 32.2. The quantitative estimate of drug-likeness (QED) is 0.798. The van der Waals surface area contributed by atoms with E-state index in [-0.39, 0.29) is 11.3 Å². The Kier molecular flexibility index (Phi) is 4.66. The van der Waals surface area contributed by atoms with Crippen LogP contribution >= 0.6 is 11.8 Å². The Morgan fingerprint density at radius 1 is 1.42 bits per heavy atom. The number of aromatic nitrogens is 4. The molecule has 1 amide bonds. The number of carbonyl (C=O) groups is 1. The third kappa shape index (κ3) is 2.95. The number of rotatable bonds is 6. The van der Waals surface area contributed by atoms with Gasteiger partial charge in [0.25, 0.3) is 0 Å². The highest BCUT2D eigenvalue weighted by Crippen LogP contribution is 2.65. The van der Waals surface area contributed by atoms with E-state index in [0.29, 0.717) is 23.1 Å². The maximum absolute atomic E-state index is 12.4. The highest BCUT2D eigenvalue weighted by molar-refractivity contribution is 7.99. The number of nitrogens with zero attached hydrogens (tertiary/aromatic N) is 4. The number of nitrogens with one attached hydrogen (secondary N) is 1. The summed E-state index contributed by atoms with van der Waals surface area (Å²) in [5.74, 6) is 1.67. The van der Waals surface area contributed by atoms with Gasteiger partial charge in [-0.3, -0.25) is 4.79 Å². The van der Waals surface area contributed by atoms with E-state index in [1.54, 1.807) is 4.68 Å². The minimum Gasteiger partial charge on any atom is -0.352 e. The minimum atomic E-state index is 0.0914. The second-order valence-electron chi connectivity index (χ2n) is 8.56. The van der Waals surface area contributed by atoms with Crippen LogP contribution in [0.25, 0.3) is 0 Å². The van der Waals surface area contributed by atoms with Crippen LogP contribution in [0.2, 0.25) is 0 Å². The van der Waals surface area contributed by atoms with Gasteiger partial charge in [0.15, 0.2) is 0 Å². The Labute approximate surface area is 148 Å². The molecule has 7 heteroatoms. The average molecular weight is 352 g/mol. The first kappa shape index (κ1) is 17.7. The lowest BCUT2D eigenvalue weighted by Gasteiger charge is -2.39. The zero-order valence-corrected chi connectivity index (χ0v) is 16.2. The van der Waals surface area contributed by atoms with Crippen LogP contribution in [0.4, 0.5) is 0 Å². The summed E-state index contributed by atoms with van der Waals surface area (Å²) in [6.07, 6.45) is 3.63. The van der Waals surface area contributed by atoms with Gasteiger partial charge in [0.05, 0.1) is 5.75 Å². The SMILES string of the molecule is CC(C)Cn1nnnc1SCC(=O)N[C@H]1C[C@H]2CC[C@@]1(C)C2(C)C. The molecule has 0 unspecified atom stereocenters. The van der Waals surface area contributed by atoms with E-state index in [2.05, 4.69) is 55.5 Å². The number of hydrogen-bond donors (Lipinski definition) is 1. The summed E-state index contributed by atoms with van der Waals surface area (Å²) in [6.45, 7) is 12.1. The molecule has 24 heavy (non-hydrogen) atoms. The molecule has 1 aromatic heterocycles. The van der Waals surface area contributed by atoms with Gasteiger partial charge in [-0.05, 0) is 52.4 Å². The molecule has 2 aliphatic rings. The molecule has 0 aromatic carbocycles. The lowest BCUT2D eigenvalue weighted by atomic mass is 9.69. The molecule has 3 atom stereocenters. The molecule has 0 saturated heterocycles. The predicted octanol–water partition coefficient (Wildman–Crippen LogP) is 2.75. The molecule has 1 heterocycles. The molecular formula is C17H29N5OS. The van der Waals surface area contributed by atoms with E-state index in [9.17, 15) is 4.79 Å². The van der Waals surface area contributed by atoms with Gasteiger partial charge < -0.3 is 5.32 Å². The van der Waals surface area contributed by atoms with Gasteiger partial charge in [-0.25, -0.2) is 4.68 Å². The van der Waals surface area contributed by atoms with Crippen molar-refractivity contribution >= 4 is 17.7 Å². The molecule has 0 aliphatic heterocycles. The van der Waals surface area contributed by atoms with Crippen molar-refractivity contribution in [1.29, 1.82) is 0 Å². The molecule has 2 fully saturated rings. The first-order valence-electron chi connectivity index (χ1n) is 8.92.